The number of nitrogens with zero attached hydrogens (tertiary/aromatic N) is 6. The fraction of sp³-hybridized carbons (Fsp3) is 0.405. The summed E-state index contributed by atoms with van der Waals surface area (Å²) in [5, 5.41) is 20.2. The number of halogens is 1. The van der Waals surface area contributed by atoms with Gasteiger partial charge in [0.25, 0.3) is 10.1 Å². The highest BCUT2D eigenvalue weighted by Crippen LogP contribution is 2.39. The first-order chi connectivity index (χ1) is 24.8. The predicted molar refractivity (Wildman–Crippen MR) is 200 cm³/mol. The molecule has 5 aromatic rings. The molecule has 3 aromatic heterocycles. The highest BCUT2D eigenvalue weighted by Gasteiger charge is 2.30. The summed E-state index contributed by atoms with van der Waals surface area (Å²) in [7, 11) is -3.68. The number of rotatable bonds is 9. The summed E-state index contributed by atoms with van der Waals surface area (Å²) >= 11 is 6.37. The maximum Gasteiger partial charge on any atom is 0.320 e. The molecule has 52 heavy (non-hydrogen) atoms. The third-order valence-electron chi connectivity index (χ3n) is 9.44. The van der Waals surface area contributed by atoms with Crippen LogP contribution in [0.4, 0.5) is 16.6 Å². The van der Waals surface area contributed by atoms with Crippen LogP contribution in [0.1, 0.15) is 87.4 Å². The molecular formula is C37H43ClN8O5S. The number of nitrogens with one attached hydrogen (secondary N) is 2. The van der Waals surface area contributed by atoms with Gasteiger partial charge in [-0.3, -0.25) is 13.9 Å². The van der Waals surface area contributed by atoms with Crippen molar-refractivity contribution in [2.45, 2.75) is 77.0 Å². The molecule has 2 aliphatic rings. The Morgan fingerprint density at radius 2 is 1.75 bits per heavy atom. The molecule has 13 nitrogen and oxygen atoms in total. The molecule has 4 heterocycles. The molecule has 2 aromatic carbocycles. The van der Waals surface area contributed by atoms with Gasteiger partial charge < -0.3 is 15.0 Å². The maximum atomic E-state index is 13.7. The molecule has 0 bridgehead atoms. The quantitative estimate of drug-likeness (QED) is 0.151. The van der Waals surface area contributed by atoms with Crippen molar-refractivity contribution >= 4 is 45.2 Å². The van der Waals surface area contributed by atoms with Crippen LogP contribution in [-0.4, -0.2) is 58.2 Å². The molecule has 1 aliphatic carbocycles. The lowest BCUT2D eigenvalue weighted by molar-refractivity contribution is 0.171. The molecule has 2 N–H and O–H groups in total. The number of pyridine rings is 1. The molecule has 2 amide bonds. The second kappa shape index (κ2) is 14.4. The Balaban J connectivity index is 1.09. The number of fused-ring (bicyclic) bond motifs is 2. The molecule has 0 radical (unpaired) electrons. The number of carbonyl (C=O) groups excluding carboxylic acids is 1. The van der Waals surface area contributed by atoms with E-state index in [9.17, 15) is 13.2 Å². The average Bonchev–Trinajstić information content (AvgIpc) is 3.74. The number of hydrogen-bond acceptors (Lipinski definition) is 9. The lowest BCUT2D eigenvalue weighted by atomic mass is 9.85. The van der Waals surface area contributed by atoms with E-state index in [2.05, 4.69) is 31.8 Å². The Labute approximate surface area is 308 Å². The summed E-state index contributed by atoms with van der Waals surface area (Å²) < 4.78 is 38.5. The number of amides is 2. The van der Waals surface area contributed by atoms with Gasteiger partial charge >= 0.3 is 6.03 Å². The number of hydrogen-bond donors (Lipinski definition) is 2. The van der Waals surface area contributed by atoms with Gasteiger partial charge in [0.1, 0.15) is 17.7 Å². The first kappa shape index (κ1) is 35.7. The van der Waals surface area contributed by atoms with Gasteiger partial charge in [-0.2, -0.15) is 13.5 Å². The zero-order valence-corrected chi connectivity index (χ0v) is 31.2. The maximum absolute atomic E-state index is 13.7. The summed E-state index contributed by atoms with van der Waals surface area (Å²) in [6.07, 6.45) is 7.63. The van der Waals surface area contributed by atoms with Gasteiger partial charge in [0.05, 0.1) is 36.5 Å². The number of piperidine rings is 1. The Kier molecular flexibility index (Phi) is 9.89. The largest absolute Gasteiger partial charge is 0.484 e. The van der Waals surface area contributed by atoms with Crippen LogP contribution >= 0.6 is 11.6 Å². The number of urea groups is 1. The Hall–Kier alpha value is -4.66. The third-order valence-corrected chi connectivity index (χ3v) is 10.4. The van der Waals surface area contributed by atoms with Crippen LogP contribution in [0.15, 0.2) is 66.9 Å². The predicted octanol–water partition coefficient (Wildman–Crippen LogP) is 7.11. The number of aromatic nitrogens is 5. The second-order valence-corrected chi connectivity index (χ2v) is 16.5. The molecule has 7 rings (SSSR count). The first-order valence-electron chi connectivity index (χ1n) is 17.5. The van der Waals surface area contributed by atoms with E-state index in [4.69, 9.17) is 25.6 Å². The Morgan fingerprint density at radius 3 is 2.50 bits per heavy atom. The fourth-order valence-electron chi connectivity index (χ4n) is 6.74. The van der Waals surface area contributed by atoms with Crippen molar-refractivity contribution in [2.75, 3.05) is 29.6 Å². The fourth-order valence-corrected chi connectivity index (χ4v) is 7.26. The number of anilines is 2. The standard InChI is InChI=1S/C37H43ClN8O5S/c1-37(2,3)32-21-34(46(43-32)25-12-14-29(38)24(20-25)23-50-52(4,48)49)40-35(47)39-30-15-16-31(28-11-7-6-10-27(28)30)51-26-13-17-33-41-42-36(45(33)22-26)44-18-8-5-9-19-44/h6-7,10-14,17,20-22,30-31H,5,8-9,15-16,18-19,23H2,1-4H3,(H2,39,40,47)/t30-,31+/m0/s1. The Morgan fingerprint density at radius 1 is 0.981 bits per heavy atom. The highest BCUT2D eigenvalue weighted by atomic mass is 35.5. The van der Waals surface area contributed by atoms with Crippen molar-refractivity contribution in [2.24, 2.45) is 0 Å². The summed E-state index contributed by atoms with van der Waals surface area (Å²) in [5.41, 5.74) is 4.26. The molecule has 274 valence electrons. The van der Waals surface area contributed by atoms with Crippen molar-refractivity contribution in [1.29, 1.82) is 0 Å². The van der Waals surface area contributed by atoms with Crippen LogP contribution in [0, 0.1) is 0 Å². The van der Waals surface area contributed by atoms with Crippen LogP contribution in [0.3, 0.4) is 0 Å². The first-order valence-corrected chi connectivity index (χ1v) is 19.7. The number of benzene rings is 2. The van der Waals surface area contributed by atoms with E-state index >= 15 is 0 Å². The smallest absolute Gasteiger partial charge is 0.320 e. The zero-order chi connectivity index (χ0) is 36.6. The number of ether oxygens (including phenoxy) is 1. The molecule has 2 atom stereocenters. The van der Waals surface area contributed by atoms with Gasteiger partial charge in [-0.25, -0.2) is 9.48 Å². The molecule has 0 spiro atoms. The summed E-state index contributed by atoms with van der Waals surface area (Å²) in [4.78, 5) is 16.0. The average molecular weight is 747 g/mol. The normalized spacial score (nSPS) is 17.9. The van der Waals surface area contributed by atoms with Crippen molar-refractivity contribution in [3.8, 4) is 11.4 Å². The topological polar surface area (TPSA) is 145 Å². The van der Waals surface area contributed by atoms with Crippen LogP contribution in [0.2, 0.25) is 5.02 Å². The molecule has 1 fully saturated rings. The van der Waals surface area contributed by atoms with Crippen molar-refractivity contribution < 1.29 is 22.1 Å². The van der Waals surface area contributed by atoms with Crippen molar-refractivity contribution in [1.82, 2.24) is 29.7 Å². The van der Waals surface area contributed by atoms with Crippen molar-refractivity contribution in [3.05, 3.63) is 94.3 Å². The van der Waals surface area contributed by atoms with Gasteiger partial charge in [0, 0.05) is 29.6 Å². The van der Waals surface area contributed by atoms with Gasteiger partial charge in [0.15, 0.2) is 5.65 Å². The zero-order valence-electron chi connectivity index (χ0n) is 29.7. The molecule has 1 aliphatic heterocycles. The van der Waals surface area contributed by atoms with Crippen LogP contribution < -0.4 is 20.3 Å². The lowest BCUT2D eigenvalue weighted by Crippen LogP contribution is -2.36. The molecule has 1 saturated heterocycles. The second-order valence-electron chi connectivity index (χ2n) is 14.4. The van der Waals surface area contributed by atoms with E-state index in [0.717, 1.165) is 66.4 Å². The van der Waals surface area contributed by atoms with Gasteiger partial charge in [-0.05, 0) is 79.1 Å². The molecule has 0 saturated carbocycles. The SMILES string of the molecule is CC(C)(C)c1cc(NC(=O)N[C@H]2CC[C@@H](Oc3ccc4nnc(N5CCCCC5)n4c3)c3ccccc32)n(-c2ccc(Cl)c(COS(C)(=O)=O)c2)n1. The molecular weight excluding hydrogens is 704 g/mol. The van der Waals surface area contributed by atoms with Crippen LogP contribution in [0.5, 0.6) is 5.75 Å². The molecule has 15 heteroatoms. The van der Waals surface area contributed by atoms with Crippen molar-refractivity contribution in [3.63, 3.8) is 0 Å². The number of carbonyl (C=O) groups is 1. The summed E-state index contributed by atoms with van der Waals surface area (Å²) in [6.45, 7) is 7.80. The monoisotopic (exact) mass is 746 g/mol. The van der Waals surface area contributed by atoms with E-state index in [-0.39, 0.29) is 24.2 Å². The summed E-state index contributed by atoms with van der Waals surface area (Å²) in [6, 6.07) is 18.2. The Bertz CT molecular complexity index is 2210. The minimum Gasteiger partial charge on any atom is -0.484 e. The van der Waals surface area contributed by atoms with Gasteiger partial charge in [-0.1, -0.05) is 56.6 Å². The van der Waals surface area contributed by atoms with E-state index in [0.29, 0.717) is 34.9 Å². The van der Waals surface area contributed by atoms with Crippen LogP contribution in [-0.2, 0) is 26.3 Å². The minimum absolute atomic E-state index is 0.203. The van der Waals surface area contributed by atoms with E-state index in [1.165, 1.54) is 6.42 Å². The van der Waals surface area contributed by atoms with E-state index < -0.39 is 16.1 Å². The van der Waals surface area contributed by atoms with E-state index in [1.807, 2.05) is 67.8 Å². The van der Waals surface area contributed by atoms with Gasteiger partial charge in [-0.15, -0.1) is 10.2 Å². The van der Waals surface area contributed by atoms with E-state index in [1.54, 1.807) is 22.9 Å². The lowest BCUT2D eigenvalue weighted by Gasteiger charge is -2.32. The molecule has 0 unspecified atom stereocenters. The van der Waals surface area contributed by atoms with Crippen LogP contribution in [0.25, 0.3) is 11.3 Å². The highest BCUT2D eigenvalue weighted by molar-refractivity contribution is 7.85. The summed E-state index contributed by atoms with van der Waals surface area (Å²) in [5.74, 6) is 2.01. The van der Waals surface area contributed by atoms with Gasteiger partial charge in [0.2, 0.25) is 5.95 Å². The third kappa shape index (κ3) is 7.88. The minimum atomic E-state index is -3.68.